The quantitative estimate of drug-likeness (QED) is 0.763. The first kappa shape index (κ1) is 15.8. The third-order valence-electron chi connectivity index (χ3n) is 2.91. The van der Waals surface area contributed by atoms with Crippen LogP contribution in [0.2, 0.25) is 0 Å². The Morgan fingerprint density at radius 1 is 1.00 bits per heavy atom. The molecule has 0 fully saturated rings. The van der Waals surface area contributed by atoms with Gasteiger partial charge >= 0.3 is 0 Å². The SMILES string of the molecule is Cc1ccncc1C(C)C.Cc1ncc(C(C)C)s1. The predicted molar refractivity (Wildman–Crippen MR) is 84.0 cm³/mol. The summed E-state index contributed by atoms with van der Waals surface area (Å²) in [5.41, 5.74) is 2.69. The monoisotopic (exact) mass is 276 g/mol. The van der Waals surface area contributed by atoms with E-state index in [4.69, 9.17) is 0 Å². The molecule has 0 radical (unpaired) electrons. The van der Waals surface area contributed by atoms with Crippen molar-refractivity contribution in [3.05, 3.63) is 45.7 Å². The second-order valence-electron chi connectivity index (χ2n) is 5.32. The third-order valence-corrected chi connectivity index (χ3v) is 4.12. The first-order valence-electron chi connectivity index (χ1n) is 6.74. The lowest BCUT2D eigenvalue weighted by atomic mass is 10.0. The van der Waals surface area contributed by atoms with Crippen LogP contribution in [0.25, 0.3) is 0 Å². The first-order chi connectivity index (χ1) is 8.91. The van der Waals surface area contributed by atoms with Gasteiger partial charge in [0.05, 0.1) is 5.01 Å². The van der Waals surface area contributed by atoms with Crippen molar-refractivity contribution in [2.75, 3.05) is 0 Å². The van der Waals surface area contributed by atoms with Gasteiger partial charge in [0.25, 0.3) is 0 Å². The van der Waals surface area contributed by atoms with Gasteiger partial charge in [-0.25, -0.2) is 4.98 Å². The molecule has 0 atom stereocenters. The van der Waals surface area contributed by atoms with Crippen LogP contribution in [0.4, 0.5) is 0 Å². The van der Waals surface area contributed by atoms with Gasteiger partial charge in [0.15, 0.2) is 0 Å². The highest BCUT2D eigenvalue weighted by Crippen LogP contribution is 2.20. The Labute approximate surface area is 120 Å². The molecule has 3 heteroatoms. The molecule has 0 saturated carbocycles. The Morgan fingerprint density at radius 3 is 2.00 bits per heavy atom. The number of pyridine rings is 1. The van der Waals surface area contributed by atoms with Crippen LogP contribution in [0.5, 0.6) is 0 Å². The van der Waals surface area contributed by atoms with Crippen LogP contribution in [0.1, 0.15) is 60.5 Å². The maximum Gasteiger partial charge on any atom is 0.0896 e. The number of hydrogen-bond acceptors (Lipinski definition) is 3. The van der Waals surface area contributed by atoms with E-state index >= 15 is 0 Å². The lowest BCUT2D eigenvalue weighted by Gasteiger charge is -2.06. The topological polar surface area (TPSA) is 25.8 Å². The molecule has 2 rings (SSSR count). The molecule has 2 aromatic rings. The van der Waals surface area contributed by atoms with E-state index < -0.39 is 0 Å². The summed E-state index contributed by atoms with van der Waals surface area (Å²) in [4.78, 5) is 9.61. The number of hydrogen-bond donors (Lipinski definition) is 0. The number of rotatable bonds is 2. The van der Waals surface area contributed by atoms with Gasteiger partial charge in [-0.1, -0.05) is 27.7 Å². The standard InChI is InChI=1S/C9H13N.C7H11NS/c1-7(2)9-6-10-5-4-8(9)3;1-5(2)7-4-8-6(3)9-7/h4-7H,1-3H3;4-5H,1-3H3. The molecule has 0 amide bonds. The van der Waals surface area contributed by atoms with Crippen LogP contribution in [0.3, 0.4) is 0 Å². The maximum atomic E-state index is 4.16. The molecule has 0 N–H and O–H groups in total. The van der Waals surface area contributed by atoms with Crippen LogP contribution in [0.15, 0.2) is 24.7 Å². The van der Waals surface area contributed by atoms with Gasteiger partial charge in [-0.15, -0.1) is 11.3 Å². The molecule has 104 valence electrons. The zero-order chi connectivity index (χ0) is 14.4. The van der Waals surface area contributed by atoms with Crippen LogP contribution >= 0.6 is 11.3 Å². The van der Waals surface area contributed by atoms with E-state index in [-0.39, 0.29) is 0 Å². The second kappa shape index (κ2) is 7.39. The number of nitrogens with zero attached hydrogens (tertiary/aromatic N) is 2. The van der Waals surface area contributed by atoms with Crippen molar-refractivity contribution >= 4 is 11.3 Å². The van der Waals surface area contributed by atoms with Crippen molar-refractivity contribution in [1.29, 1.82) is 0 Å². The van der Waals surface area contributed by atoms with Crippen molar-refractivity contribution in [1.82, 2.24) is 9.97 Å². The Balaban J connectivity index is 0.000000191. The molecule has 2 nitrogen and oxygen atoms in total. The molecule has 0 aromatic carbocycles. The average Bonchev–Trinajstić information content (AvgIpc) is 2.77. The molecule has 0 aliphatic carbocycles. The Kier molecular flexibility index (Phi) is 6.16. The highest BCUT2D eigenvalue weighted by molar-refractivity contribution is 7.11. The molecule has 0 unspecified atom stereocenters. The molecule has 2 aromatic heterocycles. The minimum absolute atomic E-state index is 0.591. The van der Waals surface area contributed by atoms with Crippen LogP contribution in [-0.2, 0) is 0 Å². The molecule has 2 heterocycles. The molecular weight excluding hydrogens is 252 g/mol. The fraction of sp³-hybridized carbons (Fsp3) is 0.500. The molecule has 0 saturated heterocycles. The highest BCUT2D eigenvalue weighted by atomic mass is 32.1. The minimum Gasteiger partial charge on any atom is -0.264 e. The molecule has 0 aliphatic rings. The Bertz CT molecular complexity index is 501. The van der Waals surface area contributed by atoms with Crippen molar-refractivity contribution < 1.29 is 0 Å². The smallest absolute Gasteiger partial charge is 0.0896 e. The summed E-state index contributed by atoms with van der Waals surface area (Å²) < 4.78 is 0. The van der Waals surface area contributed by atoms with E-state index in [0.29, 0.717) is 11.8 Å². The lowest BCUT2D eigenvalue weighted by Crippen LogP contribution is -1.91. The average molecular weight is 276 g/mol. The van der Waals surface area contributed by atoms with Crippen LogP contribution in [-0.4, -0.2) is 9.97 Å². The molecule has 0 bridgehead atoms. The van der Waals surface area contributed by atoms with Gasteiger partial charge in [0, 0.05) is 23.5 Å². The summed E-state index contributed by atoms with van der Waals surface area (Å²) in [5, 5.41) is 1.17. The van der Waals surface area contributed by atoms with E-state index in [9.17, 15) is 0 Å². The predicted octanol–water partition coefficient (Wildman–Crippen LogP) is 5.09. The largest absolute Gasteiger partial charge is 0.264 e. The molecule has 19 heavy (non-hydrogen) atoms. The summed E-state index contributed by atoms with van der Waals surface area (Å²) in [5.74, 6) is 1.23. The third kappa shape index (κ3) is 5.11. The van der Waals surface area contributed by atoms with E-state index in [1.807, 2.05) is 25.5 Å². The van der Waals surface area contributed by atoms with Crippen molar-refractivity contribution in [2.45, 2.75) is 53.4 Å². The minimum atomic E-state index is 0.591. The molecular formula is C16H24N2S. The van der Waals surface area contributed by atoms with E-state index in [0.717, 1.165) is 0 Å². The molecule has 0 aliphatic heterocycles. The second-order valence-corrected chi connectivity index (χ2v) is 6.59. The fourth-order valence-electron chi connectivity index (χ4n) is 1.73. The van der Waals surface area contributed by atoms with Gasteiger partial charge in [0.1, 0.15) is 0 Å². The lowest BCUT2D eigenvalue weighted by molar-refractivity contribution is 0.847. The van der Waals surface area contributed by atoms with Crippen molar-refractivity contribution in [2.24, 2.45) is 0 Å². The first-order valence-corrected chi connectivity index (χ1v) is 7.56. The Hall–Kier alpha value is -1.22. The Morgan fingerprint density at radius 2 is 1.68 bits per heavy atom. The number of thiazole rings is 1. The van der Waals surface area contributed by atoms with Crippen LogP contribution in [0, 0.1) is 13.8 Å². The number of aromatic nitrogens is 2. The normalized spacial score (nSPS) is 10.5. The summed E-state index contributed by atoms with van der Waals surface area (Å²) >= 11 is 1.78. The van der Waals surface area contributed by atoms with Crippen LogP contribution < -0.4 is 0 Å². The van der Waals surface area contributed by atoms with Gasteiger partial charge in [0.2, 0.25) is 0 Å². The van der Waals surface area contributed by atoms with Crippen molar-refractivity contribution in [3.8, 4) is 0 Å². The summed E-state index contributed by atoms with van der Waals surface area (Å²) in [7, 11) is 0. The van der Waals surface area contributed by atoms with E-state index in [2.05, 4.69) is 50.7 Å². The van der Waals surface area contributed by atoms with Crippen molar-refractivity contribution in [3.63, 3.8) is 0 Å². The fourth-order valence-corrected chi connectivity index (χ4v) is 2.51. The summed E-state index contributed by atoms with van der Waals surface area (Å²) in [6.07, 6.45) is 5.74. The van der Waals surface area contributed by atoms with E-state index in [1.165, 1.54) is 21.0 Å². The summed E-state index contributed by atoms with van der Waals surface area (Å²) in [6.45, 7) is 12.9. The van der Waals surface area contributed by atoms with Gasteiger partial charge in [-0.3, -0.25) is 4.98 Å². The van der Waals surface area contributed by atoms with Gasteiger partial charge < -0.3 is 0 Å². The summed E-state index contributed by atoms with van der Waals surface area (Å²) in [6, 6.07) is 2.05. The zero-order valence-corrected chi connectivity index (χ0v) is 13.6. The van der Waals surface area contributed by atoms with Gasteiger partial charge in [-0.05, 0) is 42.9 Å². The molecule has 0 spiro atoms. The zero-order valence-electron chi connectivity index (χ0n) is 12.8. The maximum absolute atomic E-state index is 4.16. The number of aryl methyl sites for hydroxylation is 2. The van der Waals surface area contributed by atoms with Gasteiger partial charge in [-0.2, -0.15) is 0 Å². The highest BCUT2D eigenvalue weighted by Gasteiger charge is 2.01. The van der Waals surface area contributed by atoms with E-state index in [1.54, 1.807) is 11.3 Å².